The molecule has 1 fully saturated rings. The molecule has 1 aliphatic rings. The van der Waals surface area contributed by atoms with Crippen LogP contribution in [0.15, 0.2) is 11.4 Å². The van der Waals surface area contributed by atoms with Crippen LogP contribution in [0.4, 0.5) is 9.18 Å². The molecule has 1 amide bonds. The van der Waals surface area contributed by atoms with Crippen molar-refractivity contribution < 1.29 is 28.2 Å². The highest BCUT2D eigenvalue weighted by Gasteiger charge is 2.27. The number of hydrogen-bond donors (Lipinski definition) is 0. The molecule has 0 aromatic heterocycles. The quantitative estimate of drug-likeness (QED) is 0.577. The maximum atomic E-state index is 14.0. The van der Waals surface area contributed by atoms with Crippen molar-refractivity contribution in [3.05, 3.63) is 11.4 Å². The van der Waals surface area contributed by atoms with E-state index in [4.69, 9.17) is 9.47 Å². The lowest BCUT2D eigenvalue weighted by Crippen LogP contribution is -2.38. The van der Waals surface area contributed by atoms with Crippen molar-refractivity contribution in [3.8, 4) is 0 Å². The van der Waals surface area contributed by atoms with Crippen molar-refractivity contribution in [2.75, 3.05) is 32.9 Å². The summed E-state index contributed by atoms with van der Waals surface area (Å²) in [6.45, 7) is 7.32. The maximum Gasteiger partial charge on any atom is 0.410 e. The fourth-order valence-electron chi connectivity index (χ4n) is 1.68. The van der Waals surface area contributed by atoms with Gasteiger partial charge in [0.05, 0.1) is 26.4 Å². The molecule has 1 rings (SSSR count). The average molecular weight is 303 g/mol. The van der Waals surface area contributed by atoms with Crippen molar-refractivity contribution in [2.24, 2.45) is 0 Å². The van der Waals surface area contributed by atoms with Crippen molar-refractivity contribution in [1.29, 1.82) is 0 Å². The molecule has 7 heteroatoms. The first-order valence-corrected chi connectivity index (χ1v) is 6.85. The van der Waals surface area contributed by atoms with Gasteiger partial charge < -0.3 is 19.1 Å². The molecule has 0 spiro atoms. The topological polar surface area (TPSA) is 65.1 Å². The van der Waals surface area contributed by atoms with Crippen LogP contribution in [0, 0.1) is 0 Å². The van der Waals surface area contributed by atoms with Gasteiger partial charge in [-0.2, -0.15) is 4.39 Å². The second-order valence-electron chi connectivity index (χ2n) is 5.59. The number of carbonyl (C=O) groups excluding carboxylic acids is 2. The first-order valence-electron chi connectivity index (χ1n) is 6.85. The van der Waals surface area contributed by atoms with E-state index < -0.39 is 23.5 Å². The Morgan fingerprint density at radius 3 is 2.62 bits per heavy atom. The van der Waals surface area contributed by atoms with Gasteiger partial charge in [-0.1, -0.05) is 0 Å². The first kappa shape index (κ1) is 17.4. The van der Waals surface area contributed by atoms with Gasteiger partial charge in [0.15, 0.2) is 0 Å². The van der Waals surface area contributed by atoms with Gasteiger partial charge in [-0.3, -0.25) is 0 Å². The predicted octanol–water partition coefficient (Wildman–Crippen LogP) is 2.04. The Bertz CT molecular complexity index is 428. The standard InChI is InChI=1S/C14H22FNO5/c1-5-20-12(17)11(15)10-8-16(6-7-19-9-10)13(18)21-14(2,3)4/h5-9H2,1-4H3/b11-10+. The van der Waals surface area contributed by atoms with Crippen molar-refractivity contribution in [2.45, 2.75) is 33.3 Å². The van der Waals surface area contributed by atoms with Gasteiger partial charge in [-0.05, 0) is 27.7 Å². The first-order chi connectivity index (χ1) is 9.74. The molecule has 0 radical (unpaired) electrons. The van der Waals surface area contributed by atoms with Gasteiger partial charge in [-0.25, -0.2) is 9.59 Å². The smallest absolute Gasteiger partial charge is 0.410 e. The van der Waals surface area contributed by atoms with E-state index in [1.165, 1.54) is 4.90 Å². The molecule has 0 saturated carbocycles. The normalized spacial score (nSPS) is 18.8. The van der Waals surface area contributed by atoms with E-state index in [2.05, 4.69) is 4.74 Å². The van der Waals surface area contributed by atoms with E-state index in [9.17, 15) is 14.0 Å². The lowest BCUT2D eigenvalue weighted by Gasteiger charge is -2.26. The molecular weight excluding hydrogens is 281 g/mol. The fourth-order valence-corrected chi connectivity index (χ4v) is 1.68. The minimum Gasteiger partial charge on any atom is -0.461 e. The summed E-state index contributed by atoms with van der Waals surface area (Å²) in [4.78, 5) is 24.7. The Morgan fingerprint density at radius 1 is 1.38 bits per heavy atom. The zero-order chi connectivity index (χ0) is 16.0. The number of esters is 1. The lowest BCUT2D eigenvalue weighted by molar-refractivity contribution is -0.140. The molecule has 0 N–H and O–H groups in total. The van der Waals surface area contributed by atoms with Gasteiger partial charge in [0, 0.05) is 12.1 Å². The van der Waals surface area contributed by atoms with Crippen LogP contribution < -0.4 is 0 Å². The van der Waals surface area contributed by atoms with Crippen LogP contribution in [0.2, 0.25) is 0 Å². The van der Waals surface area contributed by atoms with Gasteiger partial charge >= 0.3 is 12.1 Å². The molecule has 0 unspecified atom stereocenters. The Kier molecular flexibility index (Phi) is 6.14. The molecule has 0 aliphatic carbocycles. The summed E-state index contributed by atoms with van der Waals surface area (Å²) in [6, 6.07) is 0. The number of hydrogen-bond acceptors (Lipinski definition) is 5. The molecule has 1 aliphatic heterocycles. The number of nitrogens with zero attached hydrogens (tertiary/aromatic N) is 1. The molecule has 0 aromatic carbocycles. The maximum absolute atomic E-state index is 14.0. The minimum absolute atomic E-state index is 0.0516. The third-order valence-corrected chi connectivity index (χ3v) is 2.58. The van der Waals surface area contributed by atoms with Gasteiger partial charge in [0.2, 0.25) is 5.83 Å². The monoisotopic (exact) mass is 303 g/mol. The summed E-state index contributed by atoms with van der Waals surface area (Å²) >= 11 is 0. The van der Waals surface area contributed by atoms with Crippen LogP contribution in [0.25, 0.3) is 0 Å². The number of rotatable bonds is 2. The highest BCUT2D eigenvalue weighted by atomic mass is 19.1. The molecule has 21 heavy (non-hydrogen) atoms. The molecule has 0 bridgehead atoms. The molecule has 1 saturated heterocycles. The van der Waals surface area contributed by atoms with Gasteiger partial charge in [0.1, 0.15) is 5.60 Å². The number of ether oxygens (including phenoxy) is 3. The summed E-state index contributed by atoms with van der Waals surface area (Å²) in [5, 5.41) is 0. The Morgan fingerprint density at radius 2 is 2.05 bits per heavy atom. The van der Waals surface area contributed by atoms with E-state index >= 15 is 0 Å². The fraction of sp³-hybridized carbons (Fsp3) is 0.714. The Balaban J connectivity index is 2.83. The molecule has 6 nitrogen and oxygen atoms in total. The van der Waals surface area contributed by atoms with Crippen molar-refractivity contribution >= 4 is 12.1 Å². The molecule has 1 heterocycles. The molecule has 120 valence electrons. The Labute approximate surface area is 123 Å². The highest BCUT2D eigenvalue weighted by Crippen LogP contribution is 2.17. The van der Waals surface area contributed by atoms with Crippen LogP contribution in [0.5, 0.6) is 0 Å². The molecular formula is C14H22FNO5. The minimum atomic E-state index is -1.04. The van der Waals surface area contributed by atoms with E-state index in [0.29, 0.717) is 0 Å². The average Bonchev–Trinajstić information content (AvgIpc) is 2.61. The largest absolute Gasteiger partial charge is 0.461 e. The zero-order valence-corrected chi connectivity index (χ0v) is 12.9. The zero-order valence-electron chi connectivity index (χ0n) is 12.9. The number of carbonyl (C=O) groups is 2. The van der Waals surface area contributed by atoms with E-state index in [0.717, 1.165) is 0 Å². The van der Waals surface area contributed by atoms with E-state index in [1.807, 2.05) is 0 Å². The van der Waals surface area contributed by atoms with Crippen LogP contribution in [0.1, 0.15) is 27.7 Å². The summed E-state index contributed by atoms with van der Waals surface area (Å²) in [5.41, 5.74) is -0.565. The lowest BCUT2D eigenvalue weighted by atomic mass is 10.2. The number of halogens is 1. The third-order valence-electron chi connectivity index (χ3n) is 2.58. The Hall–Kier alpha value is -1.63. The second kappa shape index (κ2) is 7.40. The summed E-state index contributed by atoms with van der Waals surface area (Å²) in [6.07, 6.45) is -0.567. The highest BCUT2D eigenvalue weighted by molar-refractivity contribution is 5.87. The summed E-state index contributed by atoms with van der Waals surface area (Å²) in [5.74, 6) is -2.05. The summed E-state index contributed by atoms with van der Waals surface area (Å²) < 4.78 is 29.0. The SMILES string of the molecule is CCOC(=O)/C(F)=C1\COCCN(C(=O)OC(C)(C)C)C1. The van der Waals surface area contributed by atoms with Crippen LogP contribution >= 0.6 is 0 Å². The van der Waals surface area contributed by atoms with E-state index in [1.54, 1.807) is 27.7 Å². The number of amides is 1. The molecule has 0 atom stereocenters. The van der Waals surface area contributed by atoms with Crippen LogP contribution in [-0.2, 0) is 19.0 Å². The summed E-state index contributed by atoms with van der Waals surface area (Å²) in [7, 11) is 0. The third kappa shape index (κ3) is 5.71. The van der Waals surface area contributed by atoms with Crippen molar-refractivity contribution in [3.63, 3.8) is 0 Å². The van der Waals surface area contributed by atoms with Crippen LogP contribution in [-0.4, -0.2) is 55.5 Å². The van der Waals surface area contributed by atoms with Gasteiger partial charge in [-0.15, -0.1) is 0 Å². The van der Waals surface area contributed by atoms with Crippen LogP contribution in [0.3, 0.4) is 0 Å². The van der Waals surface area contributed by atoms with Gasteiger partial charge in [0.25, 0.3) is 0 Å². The second-order valence-corrected chi connectivity index (χ2v) is 5.59. The molecule has 0 aromatic rings. The predicted molar refractivity (Wildman–Crippen MR) is 73.4 cm³/mol. The van der Waals surface area contributed by atoms with Crippen molar-refractivity contribution in [1.82, 2.24) is 4.90 Å². The van der Waals surface area contributed by atoms with E-state index in [-0.39, 0.29) is 38.5 Å².